The van der Waals surface area contributed by atoms with Crippen molar-refractivity contribution in [2.75, 3.05) is 32.1 Å². The van der Waals surface area contributed by atoms with Gasteiger partial charge in [-0.2, -0.15) is 15.0 Å². The normalized spacial score (nSPS) is 19.7. The van der Waals surface area contributed by atoms with E-state index >= 15 is 0 Å². The molecule has 0 aromatic carbocycles. The van der Waals surface area contributed by atoms with E-state index in [4.69, 9.17) is 11.6 Å². The Balaban J connectivity index is 1.87. The van der Waals surface area contributed by atoms with Gasteiger partial charge in [-0.1, -0.05) is 0 Å². The Morgan fingerprint density at radius 2 is 2.19 bits per heavy atom. The number of hydrogen-bond acceptors (Lipinski definition) is 6. The number of nitrogens with zero attached hydrogens (tertiary/aromatic N) is 7. The molecule has 1 saturated heterocycles. The third-order valence-corrected chi connectivity index (χ3v) is 3.95. The monoisotopic (exact) mass is 307 g/mol. The van der Waals surface area contributed by atoms with Gasteiger partial charge < -0.3 is 9.80 Å². The molecule has 3 heterocycles. The number of imidazole rings is 1. The smallest absolute Gasteiger partial charge is 0.241 e. The van der Waals surface area contributed by atoms with Gasteiger partial charge in [0.1, 0.15) is 6.33 Å². The highest BCUT2D eigenvalue weighted by atomic mass is 35.5. The van der Waals surface area contributed by atoms with E-state index in [0.29, 0.717) is 17.9 Å². The lowest BCUT2D eigenvalue weighted by molar-refractivity contribution is 0.247. The maximum atomic E-state index is 6.05. The molecule has 2 aromatic heterocycles. The summed E-state index contributed by atoms with van der Waals surface area (Å²) in [6.45, 7) is 2.14. The number of halogens is 1. The second-order valence-corrected chi connectivity index (χ2v) is 5.68. The van der Waals surface area contributed by atoms with Gasteiger partial charge in [-0.3, -0.25) is 4.57 Å². The zero-order valence-electron chi connectivity index (χ0n) is 12.1. The van der Waals surface area contributed by atoms with Crippen molar-refractivity contribution in [1.82, 2.24) is 29.4 Å². The Kier molecular flexibility index (Phi) is 4.03. The molecule has 0 spiro atoms. The van der Waals surface area contributed by atoms with Crippen LogP contribution in [-0.4, -0.2) is 62.6 Å². The minimum absolute atomic E-state index is 0.194. The zero-order valence-corrected chi connectivity index (χ0v) is 12.9. The number of piperidine rings is 1. The van der Waals surface area contributed by atoms with Crippen molar-refractivity contribution in [2.45, 2.75) is 18.9 Å². The molecule has 0 saturated carbocycles. The van der Waals surface area contributed by atoms with Crippen LogP contribution in [0.25, 0.3) is 5.95 Å². The molecule has 0 amide bonds. The predicted octanol–water partition coefficient (Wildman–Crippen LogP) is 1.24. The van der Waals surface area contributed by atoms with Gasteiger partial charge in [-0.25, -0.2) is 4.98 Å². The van der Waals surface area contributed by atoms with E-state index in [1.165, 1.54) is 6.42 Å². The summed E-state index contributed by atoms with van der Waals surface area (Å²) in [4.78, 5) is 21.3. The third-order valence-electron chi connectivity index (χ3n) is 3.78. The van der Waals surface area contributed by atoms with Crippen LogP contribution in [0.2, 0.25) is 5.28 Å². The fraction of sp³-hybridized carbons (Fsp3) is 0.538. The first kappa shape index (κ1) is 14.2. The fourth-order valence-corrected chi connectivity index (χ4v) is 2.75. The topological polar surface area (TPSA) is 63.0 Å². The molecular formula is C13H18ClN7. The van der Waals surface area contributed by atoms with Crippen LogP contribution in [-0.2, 0) is 0 Å². The van der Waals surface area contributed by atoms with E-state index in [2.05, 4.69) is 36.8 Å². The van der Waals surface area contributed by atoms with E-state index in [9.17, 15) is 0 Å². The van der Waals surface area contributed by atoms with Crippen LogP contribution < -0.4 is 4.90 Å². The Bertz CT molecular complexity index is 601. The number of aromatic nitrogens is 5. The Morgan fingerprint density at radius 3 is 2.90 bits per heavy atom. The van der Waals surface area contributed by atoms with Gasteiger partial charge in [-0.15, -0.1) is 0 Å². The van der Waals surface area contributed by atoms with E-state index in [1.807, 2.05) is 7.05 Å². The Labute approximate surface area is 128 Å². The largest absolute Gasteiger partial charge is 0.339 e. The summed E-state index contributed by atoms with van der Waals surface area (Å²) in [5.41, 5.74) is 0. The standard InChI is InChI=1S/C13H18ClN7/c1-19-6-3-4-10(8-19)20(2)12-16-11(14)17-13(18-12)21-7-5-15-9-21/h5,7,9-10H,3-4,6,8H2,1-2H3. The lowest BCUT2D eigenvalue weighted by atomic mass is 10.1. The molecule has 1 aliphatic heterocycles. The Hall–Kier alpha value is -1.73. The first-order valence-electron chi connectivity index (χ1n) is 6.95. The van der Waals surface area contributed by atoms with Crippen molar-refractivity contribution in [1.29, 1.82) is 0 Å². The van der Waals surface area contributed by atoms with Gasteiger partial charge in [0.2, 0.25) is 17.2 Å². The molecule has 1 unspecified atom stereocenters. The lowest BCUT2D eigenvalue weighted by Crippen LogP contribution is -2.45. The summed E-state index contributed by atoms with van der Waals surface area (Å²) in [6, 6.07) is 0.387. The number of likely N-dealkylation sites (N-methyl/N-ethyl adjacent to an activating group) is 2. The molecule has 1 fully saturated rings. The van der Waals surface area contributed by atoms with Crippen LogP contribution in [0.15, 0.2) is 18.7 Å². The van der Waals surface area contributed by atoms with E-state index in [0.717, 1.165) is 19.5 Å². The van der Waals surface area contributed by atoms with Gasteiger partial charge in [0, 0.05) is 32.0 Å². The molecule has 112 valence electrons. The minimum atomic E-state index is 0.194. The predicted molar refractivity (Wildman–Crippen MR) is 80.9 cm³/mol. The van der Waals surface area contributed by atoms with Crippen LogP contribution in [0.1, 0.15) is 12.8 Å². The molecule has 0 aliphatic carbocycles. The third kappa shape index (κ3) is 3.14. The zero-order chi connectivity index (χ0) is 14.8. The van der Waals surface area contributed by atoms with E-state index < -0.39 is 0 Å². The lowest BCUT2D eigenvalue weighted by Gasteiger charge is -2.35. The molecular weight excluding hydrogens is 290 g/mol. The van der Waals surface area contributed by atoms with Crippen LogP contribution in [0, 0.1) is 0 Å². The van der Waals surface area contributed by atoms with Gasteiger partial charge in [-0.05, 0) is 38.0 Å². The summed E-state index contributed by atoms with van der Waals surface area (Å²) in [7, 11) is 4.14. The van der Waals surface area contributed by atoms with Gasteiger partial charge >= 0.3 is 0 Å². The summed E-state index contributed by atoms with van der Waals surface area (Å²) in [6.07, 6.45) is 7.41. The molecule has 2 aromatic rings. The second kappa shape index (κ2) is 5.95. The van der Waals surface area contributed by atoms with Gasteiger partial charge in [0.05, 0.1) is 0 Å². The number of anilines is 1. The van der Waals surface area contributed by atoms with Crippen molar-refractivity contribution < 1.29 is 0 Å². The molecule has 1 aliphatic rings. The van der Waals surface area contributed by atoms with E-state index in [-0.39, 0.29) is 5.28 Å². The number of hydrogen-bond donors (Lipinski definition) is 0. The van der Waals surface area contributed by atoms with Crippen molar-refractivity contribution in [3.63, 3.8) is 0 Å². The number of likely N-dealkylation sites (tertiary alicyclic amines) is 1. The maximum absolute atomic E-state index is 6.05. The highest BCUT2D eigenvalue weighted by Gasteiger charge is 2.23. The molecule has 8 heteroatoms. The molecule has 0 radical (unpaired) electrons. The van der Waals surface area contributed by atoms with Crippen LogP contribution >= 0.6 is 11.6 Å². The minimum Gasteiger partial charge on any atom is -0.339 e. The van der Waals surface area contributed by atoms with E-state index in [1.54, 1.807) is 23.3 Å². The van der Waals surface area contributed by atoms with Crippen LogP contribution in [0.5, 0.6) is 0 Å². The Morgan fingerprint density at radius 1 is 1.33 bits per heavy atom. The van der Waals surface area contributed by atoms with Crippen molar-refractivity contribution in [3.8, 4) is 5.95 Å². The molecule has 3 rings (SSSR count). The van der Waals surface area contributed by atoms with Crippen molar-refractivity contribution in [2.24, 2.45) is 0 Å². The number of rotatable bonds is 3. The first-order valence-corrected chi connectivity index (χ1v) is 7.32. The summed E-state index contributed by atoms with van der Waals surface area (Å²) < 4.78 is 1.72. The summed E-state index contributed by atoms with van der Waals surface area (Å²) in [5, 5.41) is 0.194. The van der Waals surface area contributed by atoms with Crippen LogP contribution in [0.3, 0.4) is 0 Å². The SMILES string of the molecule is CN1CCCC(N(C)c2nc(Cl)nc(-n3ccnc3)n2)C1. The maximum Gasteiger partial charge on any atom is 0.241 e. The van der Waals surface area contributed by atoms with Gasteiger partial charge in [0.25, 0.3) is 0 Å². The highest BCUT2D eigenvalue weighted by molar-refractivity contribution is 6.28. The molecule has 0 bridgehead atoms. The summed E-state index contributed by atoms with van der Waals surface area (Å²) in [5.74, 6) is 1.08. The fourth-order valence-electron chi connectivity index (χ4n) is 2.60. The molecule has 21 heavy (non-hydrogen) atoms. The highest BCUT2D eigenvalue weighted by Crippen LogP contribution is 2.19. The quantitative estimate of drug-likeness (QED) is 0.850. The molecule has 7 nitrogen and oxygen atoms in total. The molecule has 0 N–H and O–H groups in total. The first-order chi connectivity index (χ1) is 10.1. The molecule has 1 atom stereocenters. The van der Waals surface area contributed by atoms with Gasteiger partial charge in [0.15, 0.2) is 0 Å². The van der Waals surface area contributed by atoms with Crippen molar-refractivity contribution >= 4 is 17.5 Å². The average molecular weight is 308 g/mol. The average Bonchev–Trinajstić information content (AvgIpc) is 3.00. The van der Waals surface area contributed by atoms with Crippen LogP contribution in [0.4, 0.5) is 5.95 Å². The summed E-state index contributed by atoms with van der Waals surface area (Å²) >= 11 is 6.05. The second-order valence-electron chi connectivity index (χ2n) is 5.34. The van der Waals surface area contributed by atoms with Crippen molar-refractivity contribution in [3.05, 3.63) is 24.0 Å².